The Hall–Kier alpha value is -1.86. The van der Waals surface area contributed by atoms with Gasteiger partial charge in [-0.2, -0.15) is 0 Å². The molecule has 0 saturated heterocycles. The lowest BCUT2D eigenvalue weighted by molar-refractivity contribution is -0.385. The van der Waals surface area contributed by atoms with Gasteiger partial charge < -0.3 is 20.3 Å². The molecule has 0 saturated carbocycles. The highest BCUT2D eigenvalue weighted by atomic mass is 16.6. The van der Waals surface area contributed by atoms with Gasteiger partial charge in [0.1, 0.15) is 11.3 Å². The van der Waals surface area contributed by atoms with Crippen molar-refractivity contribution in [2.75, 3.05) is 25.1 Å². The molecule has 0 spiro atoms. The molecule has 0 radical (unpaired) electrons. The quantitative estimate of drug-likeness (QED) is 0.494. The Kier molecular flexibility index (Phi) is 5.72. The van der Waals surface area contributed by atoms with E-state index in [2.05, 4.69) is 5.32 Å². The average molecular weight is 284 g/mol. The molecular weight excluding hydrogens is 264 g/mol. The van der Waals surface area contributed by atoms with Crippen molar-refractivity contribution >= 4 is 11.4 Å². The van der Waals surface area contributed by atoms with Crippen LogP contribution in [0.1, 0.15) is 20.3 Å². The molecular formula is C13H20N2O5. The number of aliphatic hydroxyl groups is 2. The van der Waals surface area contributed by atoms with E-state index in [1.165, 1.54) is 19.1 Å². The first-order valence-electron chi connectivity index (χ1n) is 6.38. The lowest BCUT2D eigenvalue weighted by Crippen LogP contribution is -2.37. The average Bonchev–Trinajstić information content (AvgIpc) is 2.42. The lowest BCUT2D eigenvalue weighted by Gasteiger charge is -2.21. The van der Waals surface area contributed by atoms with E-state index in [-0.39, 0.29) is 23.7 Å². The number of nitro groups is 1. The third-order valence-electron chi connectivity index (χ3n) is 2.64. The van der Waals surface area contributed by atoms with Gasteiger partial charge in [-0.3, -0.25) is 10.1 Å². The van der Waals surface area contributed by atoms with E-state index >= 15 is 0 Å². The summed E-state index contributed by atoms with van der Waals surface area (Å²) in [6.07, 6.45) is 0.744. The largest absolute Gasteiger partial charge is 0.487 e. The first-order chi connectivity index (χ1) is 9.41. The maximum absolute atomic E-state index is 11.2. The van der Waals surface area contributed by atoms with E-state index in [0.717, 1.165) is 6.42 Å². The highest BCUT2D eigenvalue weighted by Gasteiger charge is 2.24. The second kappa shape index (κ2) is 7.06. The zero-order valence-corrected chi connectivity index (χ0v) is 11.6. The Morgan fingerprint density at radius 3 is 2.75 bits per heavy atom. The third-order valence-corrected chi connectivity index (χ3v) is 2.64. The van der Waals surface area contributed by atoms with Crippen molar-refractivity contribution in [1.29, 1.82) is 0 Å². The first-order valence-corrected chi connectivity index (χ1v) is 6.38. The Morgan fingerprint density at radius 1 is 1.50 bits per heavy atom. The summed E-state index contributed by atoms with van der Waals surface area (Å²) in [7, 11) is 0. The summed E-state index contributed by atoms with van der Waals surface area (Å²) < 4.78 is 5.35. The van der Waals surface area contributed by atoms with Gasteiger partial charge in [-0.1, -0.05) is 13.0 Å². The number of rotatable bonds is 8. The van der Waals surface area contributed by atoms with Gasteiger partial charge in [0.2, 0.25) is 0 Å². The lowest BCUT2D eigenvalue weighted by atomic mass is 10.1. The topological polar surface area (TPSA) is 105 Å². The molecule has 0 aliphatic heterocycles. The van der Waals surface area contributed by atoms with Crippen LogP contribution in [0.25, 0.3) is 0 Å². The van der Waals surface area contributed by atoms with Crippen molar-refractivity contribution < 1.29 is 19.9 Å². The van der Waals surface area contributed by atoms with Crippen molar-refractivity contribution in [2.45, 2.75) is 25.9 Å². The van der Waals surface area contributed by atoms with Crippen molar-refractivity contribution in [3.8, 4) is 5.75 Å². The summed E-state index contributed by atoms with van der Waals surface area (Å²) in [4.78, 5) is 10.6. The molecule has 1 atom stereocenters. The van der Waals surface area contributed by atoms with Gasteiger partial charge in [-0.25, -0.2) is 0 Å². The number of benzene rings is 1. The number of ether oxygens (including phenoxy) is 1. The highest BCUT2D eigenvalue weighted by Crippen LogP contribution is 2.35. The standard InChI is InChI=1S/C13H20N2O5/c1-3-7-20-11-6-4-5-10(12(11)15(18)19)14-8-13(2,17)9-16/h4-6,14,16-17H,3,7-9H2,1-2H3. The van der Waals surface area contributed by atoms with E-state index < -0.39 is 17.1 Å². The minimum absolute atomic E-state index is 0.0123. The highest BCUT2D eigenvalue weighted by molar-refractivity contribution is 5.68. The molecule has 1 rings (SSSR count). The summed E-state index contributed by atoms with van der Waals surface area (Å²) in [5.74, 6) is 0.186. The number of nitro benzene ring substituents is 1. The zero-order chi connectivity index (χ0) is 15.2. The van der Waals surface area contributed by atoms with Crippen LogP contribution in [0.15, 0.2) is 18.2 Å². The molecule has 0 fully saturated rings. The Morgan fingerprint density at radius 2 is 2.20 bits per heavy atom. The van der Waals surface area contributed by atoms with Gasteiger partial charge in [0, 0.05) is 6.54 Å². The molecule has 3 N–H and O–H groups in total. The molecule has 1 aromatic carbocycles. The van der Waals surface area contributed by atoms with E-state index in [9.17, 15) is 15.2 Å². The number of hydrogen-bond donors (Lipinski definition) is 3. The molecule has 112 valence electrons. The number of nitrogens with one attached hydrogen (secondary N) is 1. The van der Waals surface area contributed by atoms with Gasteiger partial charge in [0.15, 0.2) is 5.75 Å². The molecule has 7 heteroatoms. The van der Waals surface area contributed by atoms with Crippen molar-refractivity contribution in [1.82, 2.24) is 0 Å². The number of aliphatic hydroxyl groups excluding tert-OH is 1. The minimum Gasteiger partial charge on any atom is -0.487 e. The molecule has 0 aliphatic carbocycles. The molecule has 0 bridgehead atoms. The number of nitrogens with zero attached hydrogens (tertiary/aromatic N) is 1. The molecule has 0 aromatic heterocycles. The SMILES string of the molecule is CCCOc1cccc(NCC(C)(O)CO)c1[N+](=O)[O-]. The fraction of sp³-hybridized carbons (Fsp3) is 0.538. The van der Waals surface area contributed by atoms with Crippen LogP contribution < -0.4 is 10.1 Å². The number of hydrogen-bond acceptors (Lipinski definition) is 6. The Bertz CT molecular complexity index is 462. The van der Waals surface area contributed by atoms with Gasteiger partial charge in [0.25, 0.3) is 0 Å². The molecule has 20 heavy (non-hydrogen) atoms. The maximum Gasteiger partial charge on any atom is 0.333 e. The second-order valence-corrected chi connectivity index (χ2v) is 4.77. The molecule has 0 heterocycles. The summed E-state index contributed by atoms with van der Waals surface area (Å²) >= 11 is 0. The predicted octanol–water partition coefficient (Wildman–Crippen LogP) is 1.54. The smallest absolute Gasteiger partial charge is 0.333 e. The Labute approximate surface area is 117 Å². The second-order valence-electron chi connectivity index (χ2n) is 4.77. The van der Waals surface area contributed by atoms with E-state index in [1.807, 2.05) is 6.92 Å². The van der Waals surface area contributed by atoms with Crippen LogP contribution in [-0.4, -0.2) is 40.5 Å². The summed E-state index contributed by atoms with van der Waals surface area (Å²) in [5, 5.41) is 32.6. The zero-order valence-electron chi connectivity index (χ0n) is 11.6. The van der Waals surface area contributed by atoms with Crippen molar-refractivity contribution in [3.05, 3.63) is 28.3 Å². The van der Waals surface area contributed by atoms with E-state index in [1.54, 1.807) is 6.07 Å². The summed E-state index contributed by atoms with van der Waals surface area (Å²) in [5.41, 5.74) is -1.28. The fourth-order valence-corrected chi connectivity index (χ4v) is 1.52. The van der Waals surface area contributed by atoms with Crippen molar-refractivity contribution in [2.24, 2.45) is 0 Å². The van der Waals surface area contributed by atoms with Gasteiger partial charge in [-0.15, -0.1) is 0 Å². The van der Waals surface area contributed by atoms with Gasteiger partial charge >= 0.3 is 5.69 Å². The van der Waals surface area contributed by atoms with Crippen LogP contribution in [0.3, 0.4) is 0 Å². The van der Waals surface area contributed by atoms with Crippen LogP contribution in [-0.2, 0) is 0 Å². The Balaban J connectivity index is 2.97. The predicted molar refractivity (Wildman–Crippen MR) is 75.1 cm³/mol. The summed E-state index contributed by atoms with van der Waals surface area (Å²) in [6.45, 7) is 3.27. The first kappa shape index (κ1) is 16.2. The number of para-hydroxylation sites is 1. The van der Waals surface area contributed by atoms with E-state index in [0.29, 0.717) is 6.61 Å². The van der Waals surface area contributed by atoms with Gasteiger partial charge in [0.05, 0.1) is 18.1 Å². The molecule has 0 aliphatic rings. The molecule has 0 amide bonds. The van der Waals surface area contributed by atoms with Crippen LogP contribution in [0.4, 0.5) is 11.4 Å². The minimum atomic E-state index is -1.35. The number of anilines is 1. The normalized spacial score (nSPS) is 13.6. The van der Waals surface area contributed by atoms with Crippen LogP contribution >= 0.6 is 0 Å². The molecule has 1 aromatic rings. The van der Waals surface area contributed by atoms with Crippen LogP contribution in [0.2, 0.25) is 0 Å². The van der Waals surface area contributed by atoms with Crippen LogP contribution in [0, 0.1) is 10.1 Å². The monoisotopic (exact) mass is 284 g/mol. The third kappa shape index (κ3) is 4.36. The molecule has 7 nitrogen and oxygen atoms in total. The fourth-order valence-electron chi connectivity index (χ4n) is 1.52. The molecule has 1 unspecified atom stereocenters. The van der Waals surface area contributed by atoms with Gasteiger partial charge in [-0.05, 0) is 25.5 Å². The van der Waals surface area contributed by atoms with Crippen molar-refractivity contribution in [3.63, 3.8) is 0 Å². The maximum atomic E-state index is 11.2. The van der Waals surface area contributed by atoms with E-state index in [4.69, 9.17) is 9.84 Å². The summed E-state index contributed by atoms with van der Waals surface area (Å²) in [6, 6.07) is 4.70. The van der Waals surface area contributed by atoms with Crippen LogP contribution in [0.5, 0.6) is 5.75 Å².